The van der Waals surface area contributed by atoms with Gasteiger partial charge in [0.25, 0.3) is 5.56 Å². The Morgan fingerprint density at radius 3 is 2.75 bits per heavy atom. The molecule has 2 aromatic heterocycles. The van der Waals surface area contributed by atoms with Crippen molar-refractivity contribution in [3.8, 4) is 0 Å². The summed E-state index contributed by atoms with van der Waals surface area (Å²) in [7, 11) is 1.80. The predicted octanol–water partition coefficient (Wildman–Crippen LogP) is 1.28. The molecule has 0 aliphatic carbocycles. The van der Waals surface area contributed by atoms with Crippen molar-refractivity contribution in [1.29, 1.82) is 0 Å². The van der Waals surface area contributed by atoms with Gasteiger partial charge in [0.15, 0.2) is 10.2 Å². The first kappa shape index (κ1) is 14.8. The molecule has 0 aromatic carbocycles. The average Bonchev–Trinajstić information content (AvgIpc) is 2.75. The van der Waals surface area contributed by atoms with Crippen LogP contribution < -0.4 is 5.56 Å². The minimum Gasteiger partial charge on any atom is -0.390 e. The predicted molar refractivity (Wildman–Crippen MR) is 76.6 cm³/mol. The van der Waals surface area contributed by atoms with Crippen LogP contribution in [-0.2, 0) is 20.2 Å². The summed E-state index contributed by atoms with van der Waals surface area (Å²) in [6.45, 7) is 4.71. The Hall–Kier alpha value is -1.60. The molecule has 6 nitrogen and oxygen atoms in total. The summed E-state index contributed by atoms with van der Waals surface area (Å²) in [4.78, 5) is 20.6. The van der Waals surface area contributed by atoms with Gasteiger partial charge in [0.1, 0.15) is 0 Å². The highest BCUT2D eigenvalue weighted by Gasteiger charge is 2.12. The van der Waals surface area contributed by atoms with Crippen molar-refractivity contribution in [2.24, 2.45) is 13.0 Å². The normalized spacial score (nSPS) is 11.2. The van der Waals surface area contributed by atoms with Crippen LogP contribution in [0.3, 0.4) is 0 Å². The molecule has 0 unspecified atom stereocenters. The van der Waals surface area contributed by atoms with Crippen LogP contribution in [0.4, 0.5) is 0 Å². The summed E-state index contributed by atoms with van der Waals surface area (Å²) in [6.07, 6.45) is 4.92. The lowest BCUT2D eigenvalue weighted by Gasteiger charge is -2.09. The van der Waals surface area contributed by atoms with Gasteiger partial charge in [-0.3, -0.25) is 4.79 Å². The smallest absolute Gasteiger partial charge is 0.283 e. The second-order valence-electron chi connectivity index (χ2n) is 4.94. The molecule has 20 heavy (non-hydrogen) atoms. The van der Waals surface area contributed by atoms with Crippen molar-refractivity contribution in [3.05, 3.63) is 34.6 Å². The van der Waals surface area contributed by atoms with Gasteiger partial charge in [-0.25, -0.2) is 9.97 Å². The summed E-state index contributed by atoms with van der Waals surface area (Å²) in [5.74, 6) is 0.391. The van der Waals surface area contributed by atoms with E-state index in [4.69, 9.17) is 5.11 Å². The van der Waals surface area contributed by atoms with Crippen molar-refractivity contribution in [3.63, 3.8) is 0 Å². The van der Waals surface area contributed by atoms with Gasteiger partial charge in [-0.15, -0.1) is 0 Å². The van der Waals surface area contributed by atoms with Crippen molar-refractivity contribution in [1.82, 2.24) is 19.1 Å². The van der Waals surface area contributed by atoms with Gasteiger partial charge in [0, 0.05) is 26.0 Å². The first-order valence-electron chi connectivity index (χ1n) is 6.37. The zero-order valence-electron chi connectivity index (χ0n) is 11.8. The standard InChI is InChI=1S/C13H18N4O2S/c1-9(2)7-17-5-4-14-11(12(17)19)20-13-15-6-10(8-18)16(13)3/h4-6,9,18H,7-8H2,1-3H3. The van der Waals surface area contributed by atoms with Crippen molar-refractivity contribution < 1.29 is 5.11 Å². The zero-order valence-corrected chi connectivity index (χ0v) is 12.6. The molecule has 2 heterocycles. The molecule has 0 saturated carbocycles. The molecule has 0 spiro atoms. The van der Waals surface area contributed by atoms with E-state index in [1.165, 1.54) is 11.8 Å². The number of aliphatic hydroxyl groups excluding tert-OH is 1. The maximum Gasteiger partial charge on any atom is 0.283 e. The van der Waals surface area contributed by atoms with E-state index in [0.717, 1.165) is 0 Å². The van der Waals surface area contributed by atoms with E-state index in [1.54, 1.807) is 34.8 Å². The Balaban J connectivity index is 2.29. The van der Waals surface area contributed by atoms with Crippen LogP contribution in [0.15, 0.2) is 33.6 Å². The molecule has 2 rings (SSSR count). The number of aromatic nitrogens is 4. The lowest BCUT2D eigenvalue weighted by Crippen LogP contribution is -2.24. The molecule has 108 valence electrons. The molecule has 0 bridgehead atoms. The highest BCUT2D eigenvalue weighted by atomic mass is 32.2. The number of aliphatic hydroxyl groups is 1. The minimum atomic E-state index is -0.111. The molecule has 2 aromatic rings. The fourth-order valence-electron chi connectivity index (χ4n) is 1.79. The summed E-state index contributed by atoms with van der Waals surface area (Å²) >= 11 is 1.21. The van der Waals surface area contributed by atoms with Crippen LogP contribution >= 0.6 is 11.8 Å². The lowest BCUT2D eigenvalue weighted by molar-refractivity contribution is 0.271. The third-order valence-electron chi connectivity index (χ3n) is 2.84. The van der Waals surface area contributed by atoms with Crippen LogP contribution in [-0.4, -0.2) is 24.2 Å². The van der Waals surface area contributed by atoms with Gasteiger partial charge in [-0.2, -0.15) is 0 Å². The molecule has 0 atom stereocenters. The SMILES string of the molecule is CC(C)Cn1ccnc(Sc2ncc(CO)n2C)c1=O. The third kappa shape index (κ3) is 3.10. The second-order valence-corrected chi connectivity index (χ2v) is 5.89. The Labute approximate surface area is 121 Å². The Kier molecular flexibility index (Phi) is 4.61. The van der Waals surface area contributed by atoms with Crippen LogP contribution in [0.5, 0.6) is 0 Å². The fourth-order valence-corrected chi connectivity index (χ4v) is 2.64. The van der Waals surface area contributed by atoms with Crippen LogP contribution in [0, 0.1) is 5.92 Å². The highest BCUT2D eigenvalue weighted by Crippen LogP contribution is 2.22. The molecular formula is C13H18N4O2S. The van der Waals surface area contributed by atoms with E-state index in [0.29, 0.717) is 28.3 Å². The first-order chi connectivity index (χ1) is 9.52. The molecule has 0 saturated heterocycles. The topological polar surface area (TPSA) is 72.9 Å². The molecule has 0 aliphatic rings. The summed E-state index contributed by atoms with van der Waals surface area (Å²) in [5.41, 5.74) is 0.589. The number of nitrogens with zero attached hydrogens (tertiary/aromatic N) is 4. The van der Waals surface area contributed by atoms with E-state index >= 15 is 0 Å². The maximum absolute atomic E-state index is 12.3. The highest BCUT2D eigenvalue weighted by molar-refractivity contribution is 7.99. The van der Waals surface area contributed by atoms with Crippen LogP contribution in [0.2, 0.25) is 0 Å². The fraction of sp³-hybridized carbons (Fsp3) is 0.462. The molecular weight excluding hydrogens is 276 g/mol. The summed E-state index contributed by atoms with van der Waals surface area (Å²) < 4.78 is 3.42. The van der Waals surface area contributed by atoms with Gasteiger partial charge in [-0.05, 0) is 17.7 Å². The number of rotatable bonds is 5. The third-order valence-corrected chi connectivity index (χ3v) is 3.87. The Morgan fingerprint density at radius 2 is 2.15 bits per heavy atom. The summed E-state index contributed by atoms with van der Waals surface area (Å²) in [5, 5.41) is 10.2. The molecule has 7 heteroatoms. The van der Waals surface area contributed by atoms with Gasteiger partial charge < -0.3 is 14.2 Å². The quantitative estimate of drug-likeness (QED) is 0.899. The van der Waals surface area contributed by atoms with Crippen molar-refractivity contribution in [2.75, 3.05) is 0 Å². The number of imidazole rings is 1. The maximum atomic E-state index is 12.3. The number of hydrogen-bond donors (Lipinski definition) is 1. The average molecular weight is 294 g/mol. The monoisotopic (exact) mass is 294 g/mol. The van der Waals surface area contributed by atoms with E-state index in [-0.39, 0.29) is 12.2 Å². The van der Waals surface area contributed by atoms with Crippen LogP contribution in [0.25, 0.3) is 0 Å². The van der Waals surface area contributed by atoms with Gasteiger partial charge >= 0.3 is 0 Å². The Bertz CT molecular complexity index is 648. The minimum absolute atomic E-state index is 0.0795. The molecule has 0 amide bonds. The van der Waals surface area contributed by atoms with Gasteiger partial charge in [0.2, 0.25) is 0 Å². The van der Waals surface area contributed by atoms with Crippen molar-refractivity contribution >= 4 is 11.8 Å². The van der Waals surface area contributed by atoms with E-state index in [2.05, 4.69) is 23.8 Å². The summed E-state index contributed by atoms with van der Waals surface area (Å²) in [6, 6.07) is 0. The number of hydrogen-bond acceptors (Lipinski definition) is 5. The van der Waals surface area contributed by atoms with Crippen LogP contribution in [0.1, 0.15) is 19.5 Å². The molecule has 1 N–H and O–H groups in total. The van der Waals surface area contributed by atoms with E-state index in [1.807, 2.05) is 0 Å². The van der Waals surface area contributed by atoms with Crippen molar-refractivity contribution in [2.45, 2.75) is 37.2 Å². The van der Waals surface area contributed by atoms with E-state index in [9.17, 15) is 4.79 Å². The largest absolute Gasteiger partial charge is 0.390 e. The molecule has 0 aliphatic heterocycles. The zero-order chi connectivity index (χ0) is 14.7. The van der Waals surface area contributed by atoms with E-state index < -0.39 is 0 Å². The lowest BCUT2D eigenvalue weighted by atomic mass is 10.2. The first-order valence-corrected chi connectivity index (χ1v) is 7.19. The Morgan fingerprint density at radius 1 is 1.40 bits per heavy atom. The van der Waals surface area contributed by atoms with Gasteiger partial charge in [-0.1, -0.05) is 13.8 Å². The van der Waals surface area contributed by atoms with Gasteiger partial charge in [0.05, 0.1) is 18.5 Å². The molecule has 0 radical (unpaired) electrons. The second kappa shape index (κ2) is 6.23. The molecule has 0 fully saturated rings.